The van der Waals surface area contributed by atoms with Gasteiger partial charge < -0.3 is 5.32 Å². The molecule has 8 heteroatoms. The lowest BCUT2D eigenvalue weighted by atomic mass is 10.1. The van der Waals surface area contributed by atoms with E-state index in [-0.39, 0.29) is 23.9 Å². The molecular weight excluding hydrogens is 422 g/mol. The molecule has 0 aliphatic carbocycles. The number of nitrogens with zero attached hydrogens (tertiary/aromatic N) is 4. The zero-order chi connectivity index (χ0) is 22.4. The van der Waals surface area contributed by atoms with Crippen LogP contribution in [0.3, 0.4) is 0 Å². The molecule has 0 spiro atoms. The molecule has 0 saturated carbocycles. The lowest BCUT2D eigenvalue weighted by molar-refractivity contribution is -0.116. The van der Waals surface area contributed by atoms with Crippen molar-refractivity contribution in [2.75, 3.05) is 11.1 Å². The molecule has 1 aliphatic heterocycles. The van der Waals surface area contributed by atoms with Crippen molar-refractivity contribution >= 4 is 34.4 Å². The van der Waals surface area contributed by atoms with Crippen LogP contribution in [0.25, 0.3) is 16.7 Å². The molecule has 0 fully saturated rings. The second-order valence-corrected chi connectivity index (χ2v) is 9.22. The van der Waals surface area contributed by atoms with Gasteiger partial charge in [0.05, 0.1) is 17.9 Å². The van der Waals surface area contributed by atoms with E-state index in [1.807, 2.05) is 63.2 Å². The van der Waals surface area contributed by atoms with Crippen LogP contribution < -0.4 is 10.9 Å². The summed E-state index contributed by atoms with van der Waals surface area (Å²) < 4.78 is 3.35. The van der Waals surface area contributed by atoms with Crippen molar-refractivity contribution in [3.8, 4) is 5.69 Å². The third kappa shape index (κ3) is 3.60. The summed E-state index contributed by atoms with van der Waals surface area (Å²) in [6, 6.07) is 13.6. The number of hydrogen-bond acceptors (Lipinski definition) is 5. The summed E-state index contributed by atoms with van der Waals surface area (Å²) in [6.07, 6.45) is 1.78. The third-order valence-corrected chi connectivity index (χ3v) is 6.79. The van der Waals surface area contributed by atoms with Crippen LogP contribution in [0, 0.1) is 20.8 Å². The van der Waals surface area contributed by atoms with Crippen molar-refractivity contribution in [1.29, 1.82) is 0 Å². The maximum absolute atomic E-state index is 13.3. The predicted molar refractivity (Wildman–Crippen MR) is 127 cm³/mol. The van der Waals surface area contributed by atoms with Gasteiger partial charge in [0.1, 0.15) is 5.39 Å². The van der Waals surface area contributed by atoms with Crippen LogP contribution in [-0.2, 0) is 4.79 Å². The van der Waals surface area contributed by atoms with E-state index in [1.54, 1.807) is 15.4 Å². The van der Waals surface area contributed by atoms with Gasteiger partial charge in [-0.15, -0.1) is 0 Å². The van der Waals surface area contributed by atoms with Crippen molar-refractivity contribution < 1.29 is 4.79 Å². The van der Waals surface area contributed by atoms with Crippen molar-refractivity contribution in [2.24, 2.45) is 0 Å². The van der Waals surface area contributed by atoms with Gasteiger partial charge in [-0.2, -0.15) is 5.10 Å². The van der Waals surface area contributed by atoms with Gasteiger partial charge in [-0.1, -0.05) is 41.6 Å². The number of aromatic nitrogens is 4. The van der Waals surface area contributed by atoms with E-state index in [2.05, 4.69) is 10.4 Å². The van der Waals surface area contributed by atoms with Gasteiger partial charge in [0.15, 0.2) is 10.8 Å². The van der Waals surface area contributed by atoms with Crippen LogP contribution in [0.15, 0.2) is 58.6 Å². The molecule has 32 heavy (non-hydrogen) atoms. The number of aryl methyl sites for hydroxylation is 3. The fourth-order valence-electron chi connectivity index (χ4n) is 4.10. The normalized spacial score (nSPS) is 15.2. The molecule has 3 heterocycles. The Kier molecular flexibility index (Phi) is 5.09. The topological polar surface area (TPSA) is 81.8 Å². The molecule has 1 unspecified atom stereocenters. The SMILES string of the molecule is Cc1cccc(-n2ncc3c(=O)n4c(nc32)SCC4CC(=O)Nc2ccc(C)cc2C)c1. The van der Waals surface area contributed by atoms with E-state index >= 15 is 0 Å². The molecule has 162 valence electrons. The first-order valence-corrected chi connectivity index (χ1v) is 11.5. The maximum atomic E-state index is 13.3. The number of carbonyl (C=O) groups excluding carboxylic acids is 1. The smallest absolute Gasteiger partial charge is 0.265 e. The van der Waals surface area contributed by atoms with Crippen molar-refractivity contribution in [1.82, 2.24) is 19.3 Å². The van der Waals surface area contributed by atoms with Crippen LogP contribution in [0.2, 0.25) is 0 Å². The van der Waals surface area contributed by atoms with Crippen LogP contribution in [-0.4, -0.2) is 31.0 Å². The number of thioether (sulfide) groups is 1. The summed E-state index contributed by atoms with van der Waals surface area (Å²) in [5, 5.41) is 8.48. The van der Waals surface area contributed by atoms with Gasteiger partial charge in [-0.3, -0.25) is 14.2 Å². The summed E-state index contributed by atoms with van der Waals surface area (Å²) in [7, 11) is 0. The first-order valence-electron chi connectivity index (χ1n) is 10.5. The van der Waals surface area contributed by atoms with Gasteiger partial charge >= 0.3 is 0 Å². The fourth-order valence-corrected chi connectivity index (χ4v) is 5.23. The number of hydrogen-bond donors (Lipinski definition) is 1. The van der Waals surface area contributed by atoms with Crippen molar-refractivity contribution in [2.45, 2.75) is 38.4 Å². The van der Waals surface area contributed by atoms with Crippen LogP contribution in [0.4, 0.5) is 5.69 Å². The fraction of sp³-hybridized carbons (Fsp3) is 0.250. The number of carbonyl (C=O) groups is 1. The molecule has 5 rings (SSSR count). The van der Waals surface area contributed by atoms with E-state index in [4.69, 9.17) is 4.98 Å². The Balaban J connectivity index is 1.44. The Bertz CT molecular complexity index is 1420. The molecule has 1 aliphatic rings. The first-order chi connectivity index (χ1) is 15.4. The number of nitrogens with one attached hydrogen (secondary N) is 1. The molecule has 0 saturated heterocycles. The van der Waals surface area contributed by atoms with Gasteiger partial charge in [0.25, 0.3) is 5.56 Å². The number of amides is 1. The predicted octanol–water partition coefficient (Wildman–Crippen LogP) is 4.18. The zero-order valence-electron chi connectivity index (χ0n) is 18.1. The molecule has 2 aromatic carbocycles. The Hall–Kier alpha value is -3.39. The molecule has 4 aromatic rings. The third-order valence-electron chi connectivity index (χ3n) is 5.69. The highest BCUT2D eigenvalue weighted by Crippen LogP contribution is 2.33. The summed E-state index contributed by atoms with van der Waals surface area (Å²) in [5.74, 6) is 0.519. The maximum Gasteiger partial charge on any atom is 0.265 e. The zero-order valence-corrected chi connectivity index (χ0v) is 18.9. The van der Waals surface area contributed by atoms with Crippen molar-refractivity contribution in [3.63, 3.8) is 0 Å². The lowest BCUT2D eigenvalue weighted by Gasteiger charge is -2.14. The quantitative estimate of drug-likeness (QED) is 0.477. The highest BCUT2D eigenvalue weighted by atomic mass is 32.2. The second-order valence-electron chi connectivity index (χ2n) is 8.24. The molecule has 7 nitrogen and oxygen atoms in total. The second kappa shape index (κ2) is 7.94. The Morgan fingerprint density at radius 1 is 1.16 bits per heavy atom. The van der Waals surface area contributed by atoms with Gasteiger partial charge in [0, 0.05) is 17.9 Å². The van der Waals surface area contributed by atoms with Crippen LogP contribution >= 0.6 is 11.8 Å². The summed E-state index contributed by atoms with van der Waals surface area (Å²) in [4.78, 5) is 30.8. The molecule has 0 radical (unpaired) electrons. The molecule has 1 N–H and O–H groups in total. The van der Waals surface area contributed by atoms with Gasteiger partial charge in [-0.05, 0) is 50.1 Å². The number of anilines is 1. The van der Waals surface area contributed by atoms with Crippen LogP contribution in [0.5, 0.6) is 0 Å². The Morgan fingerprint density at radius 3 is 2.75 bits per heavy atom. The number of fused-ring (bicyclic) bond motifs is 2. The van der Waals surface area contributed by atoms with Crippen LogP contribution in [0.1, 0.15) is 29.2 Å². The van der Waals surface area contributed by atoms with Gasteiger partial charge in [-0.25, -0.2) is 9.67 Å². The van der Waals surface area contributed by atoms with E-state index in [9.17, 15) is 9.59 Å². The Labute approximate surface area is 189 Å². The average molecular weight is 446 g/mol. The van der Waals surface area contributed by atoms with E-state index < -0.39 is 0 Å². The molecular formula is C24H23N5O2S. The minimum atomic E-state index is -0.243. The number of benzene rings is 2. The van der Waals surface area contributed by atoms with Gasteiger partial charge in [0.2, 0.25) is 5.91 Å². The molecule has 2 aromatic heterocycles. The molecule has 1 atom stereocenters. The monoisotopic (exact) mass is 445 g/mol. The molecule has 0 bridgehead atoms. The summed E-state index contributed by atoms with van der Waals surface area (Å²) in [6.45, 7) is 6.01. The summed E-state index contributed by atoms with van der Waals surface area (Å²) in [5.41, 5.74) is 5.32. The number of rotatable bonds is 4. The molecule has 1 amide bonds. The van der Waals surface area contributed by atoms with E-state index in [0.717, 1.165) is 28.1 Å². The Morgan fingerprint density at radius 2 is 1.97 bits per heavy atom. The lowest BCUT2D eigenvalue weighted by Crippen LogP contribution is -2.27. The van der Waals surface area contributed by atoms with E-state index in [1.165, 1.54) is 11.8 Å². The average Bonchev–Trinajstić information content (AvgIpc) is 3.35. The first kappa shape index (κ1) is 20.5. The summed E-state index contributed by atoms with van der Waals surface area (Å²) >= 11 is 1.50. The minimum absolute atomic E-state index is 0.113. The minimum Gasteiger partial charge on any atom is -0.326 e. The highest BCUT2D eigenvalue weighted by Gasteiger charge is 2.29. The van der Waals surface area contributed by atoms with Crippen molar-refractivity contribution in [3.05, 3.63) is 75.7 Å². The standard InChI is InChI=1S/C24H23N5O2S/c1-14-5-4-6-17(10-14)29-22-19(12-25-29)23(31)28-18(13-32-24(28)27-22)11-21(30)26-20-8-7-15(2)9-16(20)3/h4-10,12,18H,11,13H2,1-3H3,(H,26,30). The largest absolute Gasteiger partial charge is 0.326 e. The van der Waals surface area contributed by atoms with E-state index in [0.29, 0.717) is 21.9 Å². The highest BCUT2D eigenvalue weighted by molar-refractivity contribution is 7.99.